The molecule has 140 valence electrons. The molecule has 2 aromatic heterocycles. The second-order valence-electron chi connectivity index (χ2n) is 7.58. The molecule has 0 saturated carbocycles. The van der Waals surface area contributed by atoms with E-state index >= 15 is 0 Å². The Morgan fingerprint density at radius 3 is 2.46 bits per heavy atom. The topological polar surface area (TPSA) is 86.4 Å². The highest BCUT2D eigenvalue weighted by molar-refractivity contribution is 5.70. The van der Waals surface area contributed by atoms with Gasteiger partial charge in [-0.15, -0.1) is 0 Å². The fourth-order valence-corrected chi connectivity index (χ4v) is 3.26. The average Bonchev–Trinajstić information content (AvgIpc) is 2.59. The monoisotopic (exact) mass is 360 g/mol. The van der Waals surface area contributed by atoms with Crippen molar-refractivity contribution in [3.63, 3.8) is 0 Å². The molecule has 0 radical (unpaired) electrons. The zero-order valence-electron chi connectivity index (χ0n) is 15.6. The molecular weight excluding hydrogens is 336 g/mol. The largest absolute Gasteiger partial charge is 0.444 e. The second kappa shape index (κ2) is 6.59. The highest BCUT2D eigenvalue weighted by Crippen LogP contribution is 2.24. The maximum atomic E-state index is 12.6. The lowest BCUT2D eigenvalue weighted by atomic mass is 10.0. The Labute approximate surface area is 151 Å². The molecule has 26 heavy (non-hydrogen) atoms. The number of aryl methyl sites for hydroxylation is 1. The van der Waals surface area contributed by atoms with Crippen LogP contribution >= 0.6 is 0 Å². The first-order valence-electron chi connectivity index (χ1n) is 8.73. The third-order valence-electron chi connectivity index (χ3n) is 4.54. The first-order chi connectivity index (χ1) is 12.2. The predicted molar refractivity (Wildman–Crippen MR) is 97.3 cm³/mol. The van der Waals surface area contributed by atoms with Crippen molar-refractivity contribution in [2.45, 2.75) is 45.3 Å². The fourth-order valence-electron chi connectivity index (χ4n) is 3.26. The third kappa shape index (κ3) is 3.36. The minimum absolute atomic E-state index is 0.174. The summed E-state index contributed by atoms with van der Waals surface area (Å²) >= 11 is 0. The molecule has 1 aliphatic heterocycles. The number of piperidine rings is 1. The van der Waals surface area contributed by atoms with Gasteiger partial charge in [0.1, 0.15) is 5.60 Å². The summed E-state index contributed by atoms with van der Waals surface area (Å²) in [4.78, 5) is 43.0. The van der Waals surface area contributed by atoms with Gasteiger partial charge in [0, 0.05) is 32.4 Å². The van der Waals surface area contributed by atoms with Crippen LogP contribution in [-0.2, 0) is 11.8 Å². The van der Waals surface area contributed by atoms with Crippen molar-refractivity contribution in [1.82, 2.24) is 19.0 Å². The van der Waals surface area contributed by atoms with Crippen molar-refractivity contribution >= 4 is 17.3 Å². The van der Waals surface area contributed by atoms with E-state index in [0.717, 1.165) is 0 Å². The van der Waals surface area contributed by atoms with Gasteiger partial charge in [-0.2, -0.15) is 0 Å². The number of hydrogen-bond donors (Lipinski definition) is 0. The summed E-state index contributed by atoms with van der Waals surface area (Å²) in [5, 5.41) is 0. The van der Waals surface area contributed by atoms with Gasteiger partial charge in [0.25, 0.3) is 0 Å². The Morgan fingerprint density at radius 2 is 1.85 bits per heavy atom. The van der Waals surface area contributed by atoms with E-state index in [4.69, 9.17) is 4.74 Å². The van der Waals surface area contributed by atoms with Crippen LogP contribution in [0.5, 0.6) is 0 Å². The molecule has 3 rings (SSSR count). The normalized spacial score (nSPS) is 16.1. The number of rotatable bonds is 1. The summed E-state index contributed by atoms with van der Waals surface area (Å²) in [6.07, 6.45) is 2.39. The van der Waals surface area contributed by atoms with Crippen LogP contribution in [0.15, 0.2) is 27.9 Å². The van der Waals surface area contributed by atoms with Crippen LogP contribution in [0.25, 0.3) is 11.2 Å². The molecule has 3 heterocycles. The van der Waals surface area contributed by atoms with Crippen LogP contribution in [0.4, 0.5) is 4.79 Å². The number of carbonyl (C=O) groups excluding carboxylic acids is 1. The number of amides is 1. The third-order valence-corrected chi connectivity index (χ3v) is 4.54. The number of nitrogens with zero attached hydrogens (tertiary/aromatic N) is 4. The number of ether oxygens (including phenoxy) is 1. The van der Waals surface area contributed by atoms with Gasteiger partial charge in [0.15, 0.2) is 5.65 Å². The molecule has 0 unspecified atom stereocenters. The molecule has 2 aromatic rings. The lowest BCUT2D eigenvalue weighted by molar-refractivity contribution is 0.0188. The molecule has 0 atom stereocenters. The number of fused-ring (bicyclic) bond motifs is 1. The van der Waals surface area contributed by atoms with Crippen molar-refractivity contribution in [3.05, 3.63) is 39.0 Å². The molecule has 1 aliphatic rings. The minimum Gasteiger partial charge on any atom is -0.444 e. The van der Waals surface area contributed by atoms with Crippen molar-refractivity contribution in [2.75, 3.05) is 13.1 Å². The van der Waals surface area contributed by atoms with Crippen LogP contribution < -0.4 is 11.1 Å². The molecule has 1 amide bonds. The average molecular weight is 360 g/mol. The summed E-state index contributed by atoms with van der Waals surface area (Å²) in [7, 11) is 1.57. The maximum Gasteiger partial charge on any atom is 0.410 e. The highest BCUT2D eigenvalue weighted by Gasteiger charge is 2.29. The number of carbonyl (C=O) groups is 1. The Balaban J connectivity index is 1.88. The van der Waals surface area contributed by atoms with Gasteiger partial charge in [-0.25, -0.2) is 9.78 Å². The number of hydrogen-bond acceptors (Lipinski definition) is 5. The lowest BCUT2D eigenvalue weighted by Crippen LogP contribution is -2.46. The number of aromatic nitrogens is 3. The summed E-state index contributed by atoms with van der Waals surface area (Å²) < 4.78 is 8.22. The standard InChI is InChI=1S/C18H24N4O4/c1-18(2,3)26-17(25)21-10-7-12(8-11-21)22-14-13(6-5-9-19-14)20(4)15(23)16(22)24/h5-6,9,12H,7-8,10-11H2,1-4H3. The van der Waals surface area contributed by atoms with Gasteiger partial charge in [-0.3, -0.25) is 14.2 Å². The van der Waals surface area contributed by atoms with E-state index < -0.39 is 16.7 Å². The van der Waals surface area contributed by atoms with E-state index in [-0.39, 0.29) is 12.1 Å². The number of likely N-dealkylation sites (tertiary alicyclic amines) is 1. The second-order valence-corrected chi connectivity index (χ2v) is 7.58. The van der Waals surface area contributed by atoms with Crippen LogP contribution in [-0.4, -0.2) is 43.8 Å². The van der Waals surface area contributed by atoms with Gasteiger partial charge in [-0.05, 0) is 45.7 Å². The quantitative estimate of drug-likeness (QED) is 0.722. The molecule has 0 aliphatic carbocycles. The molecule has 0 spiro atoms. The Bertz CT molecular complexity index is 946. The van der Waals surface area contributed by atoms with Crippen molar-refractivity contribution < 1.29 is 9.53 Å². The van der Waals surface area contributed by atoms with Crippen LogP contribution in [0.1, 0.15) is 39.7 Å². The summed E-state index contributed by atoms with van der Waals surface area (Å²) in [6.45, 7) is 6.42. The molecule has 0 aromatic carbocycles. The predicted octanol–water partition coefficient (Wildman–Crippen LogP) is 1.67. The summed E-state index contributed by atoms with van der Waals surface area (Å²) in [6, 6.07) is 3.34. The summed E-state index contributed by atoms with van der Waals surface area (Å²) in [5.41, 5.74) is -0.576. The Morgan fingerprint density at radius 1 is 1.19 bits per heavy atom. The van der Waals surface area contributed by atoms with E-state index in [9.17, 15) is 14.4 Å². The highest BCUT2D eigenvalue weighted by atomic mass is 16.6. The number of pyridine rings is 1. The van der Waals surface area contributed by atoms with Gasteiger partial charge in [0.05, 0.1) is 5.52 Å². The maximum absolute atomic E-state index is 12.6. The van der Waals surface area contributed by atoms with Crippen molar-refractivity contribution in [3.8, 4) is 0 Å². The Kier molecular flexibility index (Phi) is 4.60. The van der Waals surface area contributed by atoms with Crippen molar-refractivity contribution in [1.29, 1.82) is 0 Å². The Hall–Kier alpha value is -2.64. The first-order valence-corrected chi connectivity index (χ1v) is 8.73. The van der Waals surface area contributed by atoms with Crippen LogP contribution in [0, 0.1) is 0 Å². The SMILES string of the molecule is Cn1c(=O)c(=O)n(C2CCN(C(=O)OC(C)(C)C)CC2)c2ncccc21. The van der Waals surface area contributed by atoms with E-state index in [1.807, 2.05) is 20.8 Å². The minimum atomic E-state index is -0.575. The zero-order chi connectivity index (χ0) is 19.1. The summed E-state index contributed by atoms with van der Waals surface area (Å²) in [5.74, 6) is 0. The smallest absolute Gasteiger partial charge is 0.410 e. The van der Waals surface area contributed by atoms with E-state index in [2.05, 4.69) is 4.98 Å². The molecule has 0 bridgehead atoms. The molecule has 8 nitrogen and oxygen atoms in total. The first kappa shape index (κ1) is 18.2. The molecule has 1 fully saturated rings. The molecule has 0 N–H and O–H groups in total. The van der Waals surface area contributed by atoms with E-state index in [1.54, 1.807) is 30.3 Å². The molecule has 1 saturated heterocycles. The lowest BCUT2D eigenvalue weighted by Gasteiger charge is -2.34. The van der Waals surface area contributed by atoms with Gasteiger partial charge >= 0.3 is 17.2 Å². The van der Waals surface area contributed by atoms with Crippen molar-refractivity contribution in [2.24, 2.45) is 7.05 Å². The van der Waals surface area contributed by atoms with Crippen LogP contribution in [0.2, 0.25) is 0 Å². The van der Waals surface area contributed by atoms with E-state index in [0.29, 0.717) is 37.1 Å². The van der Waals surface area contributed by atoms with Gasteiger partial charge in [-0.1, -0.05) is 0 Å². The molecular formula is C18H24N4O4. The fraction of sp³-hybridized carbons (Fsp3) is 0.556. The molecule has 8 heteroatoms. The van der Waals surface area contributed by atoms with Gasteiger partial charge < -0.3 is 14.2 Å². The zero-order valence-corrected chi connectivity index (χ0v) is 15.6. The van der Waals surface area contributed by atoms with E-state index in [1.165, 1.54) is 9.13 Å². The van der Waals surface area contributed by atoms with Gasteiger partial charge in [0.2, 0.25) is 0 Å². The van der Waals surface area contributed by atoms with Crippen LogP contribution in [0.3, 0.4) is 0 Å².